The number of carbonyl (C=O) groups excluding carboxylic acids is 1. The van der Waals surface area contributed by atoms with Gasteiger partial charge in [0.1, 0.15) is 17.7 Å². The molecule has 0 radical (unpaired) electrons. The van der Waals surface area contributed by atoms with Crippen LogP contribution in [0, 0.1) is 11.6 Å². The van der Waals surface area contributed by atoms with E-state index >= 15 is 8.78 Å². The minimum atomic E-state index is -4.53. The van der Waals surface area contributed by atoms with Crippen molar-refractivity contribution in [1.29, 1.82) is 0 Å². The summed E-state index contributed by atoms with van der Waals surface area (Å²) >= 11 is 0. The van der Waals surface area contributed by atoms with Gasteiger partial charge in [0.25, 0.3) is 21.5 Å². The van der Waals surface area contributed by atoms with Crippen molar-refractivity contribution in [3.05, 3.63) is 135 Å². The molecule has 1 amide bonds. The summed E-state index contributed by atoms with van der Waals surface area (Å²) in [6.45, 7) is 1.28. The number of aromatic nitrogens is 6. The highest BCUT2D eigenvalue weighted by molar-refractivity contribution is 7.92. The Hall–Kier alpha value is -6.73. The molecule has 6 aromatic rings. The Labute approximate surface area is 321 Å². The van der Waals surface area contributed by atoms with Crippen LogP contribution in [0.15, 0.2) is 100 Å². The Kier molecular flexibility index (Phi) is 10.7. The van der Waals surface area contributed by atoms with E-state index in [4.69, 9.17) is 4.74 Å². The minimum Gasteiger partial charge on any atom is -0.480 e. The molecule has 0 bridgehead atoms. The van der Waals surface area contributed by atoms with Crippen molar-refractivity contribution in [1.82, 2.24) is 34.4 Å². The van der Waals surface area contributed by atoms with Crippen LogP contribution in [0.4, 0.5) is 14.5 Å². The second-order valence-corrected chi connectivity index (χ2v) is 14.7. The number of aryl methyl sites for hydroxylation is 1. The zero-order valence-electron chi connectivity index (χ0n) is 29.9. The van der Waals surface area contributed by atoms with E-state index in [1.165, 1.54) is 66.7 Å². The Morgan fingerprint density at radius 1 is 0.930 bits per heavy atom. The number of amides is 1. The standard InChI is InChI=1S/C38H32F2N8O8S/c1-47-33-20-41-10-7-26(33)36(50)48(38(47)53)25-4-3-24(43-19-25)15-32(37(51)52)45-35(49)27-16-29(40)31(17-28(27)39)46-57(54,55)34-5-2-23(18-44-34)22-6-11-42-30(14-22)21-8-12-56-13-9-21/h2-7,10-11,14,16-21,32,46H,8-9,12-13,15H2,1H3,(H,45,49)(H,51,52)/t32-/m0/s1. The van der Waals surface area contributed by atoms with Crippen LogP contribution in [0.1, 0.15) is 40.5 Å². The highest BCUT2D eigenvalue weighted by Crippen LogP contribution is 2.29. The SMILES string of the molecule is Cn1c(=O)n(-c2ccc(C[C@H](NC(=O)c3cc(F)c(NS(=O)(=O)c4ccc(-c5ccnc(C6CCOCC6)c5)cn4)cc3F)C(=O)O)nc2)c(=O)c2ccncc21. The van der Waals surface area contributed by atoms with Gasteiger partial charge < -0.3 is 15.2 Å². The summed E-state index contributed by atoms with van der Waals surface area (Å²) in [5.74, 6) is -5.28. The normalized spacial score (nSPS) is 13.9. The third-order valence-corrected chi connectivity index (χ3v) is 10.7. The van der Waals surface area contributed by atoms with Crippen molar-refractivity contribution in [3.63, 3.8) is 0 Å². The summed E-state index contributed by atoms with van der Waals surface area (Å²) in [4.78, 5) is 67.7. The van der Waals surface area contributed by atoms with Crippen LogP contribution >= 0.6 is 0 Å². The molecular weight excluding hydrogens is 767 g/mol. The van der Waals surface area contributed by atoms with Gasteiger partial charge in [0.05, 0.1) is 40.2 Å². The Balaban J connectivity index is 1.03. The Morgan fingerprint density at radius 2 is 1.72 bits per heavy atom. The number of halogens is 2. The van der Waals surface area contributed by atoms with E-state index in [1.54, 1.807) is 12.3 Å². The number of nitrogens with zero attached hydrogens (tertiary/aromatic N) is 6. The lowest BCUT2D eigenvalue weighted by atomic mass is 9.94. The van der Waals surface area contributed by atoms with E-state index in [1.807, 2.05) is 10.8 Å². The van der Waals surface area contributed by atoms with Gasteiger partial charge in [-0.3, -0.25) is 33.8 Å². The van der Waals surface area contributed by atoms with E-state index in [0.717, 1.165) is 28.7 Å². The number of carbonyl (C=O) groups is 2. The molecule has 292 valence electrons. The van der Waals surface area contributed by atoms with Gasteiger partial charge in [-0.25, -0.2) is 27.9 Å². The molecule has 1 aliphatic heterocycles. The van der Waals surface area contributed by atoms with Crippen LogP contribution in [0.5, 0.6) is 0 Å². The van der Waals surface area contributed by atoms with Gasteiger partial charge in [0, 0.05) is 74.2 Å². The van der Waals surface area contributed by atoms with E-state index in [-0.39, 0.29) is 22.7 Å². The number of aliphatic carboxylic acids is 1. The molecule has 0 aliphatic carbocycles. The average molecular weight is 799 g/mol. The summed E-state index contributed by atoms with van der Waals surface area (Å²) < 4.78 is 66.2. The van der Waals surface area contributed by atoms with Crippen molar-refractivity contribution in [2.24, 2.45) is 7.05 Å². The van der Waals surface area contributed by atoms with Crippen LogP contribution in [-0.2, 0) is 33.0 Å². The number of sulfonamides is 1. The molecule has 5 aromatic heterocycles. The first-order chi connectivity index (χ1) is 27.3. The second-order valence-electron chi connectivity index (χ2n) is 13.1. The molecular formula is C38H32F2N8O8S. The summed E-state index contributed by atoms with van der Waals surface area (Å²) in [6, 6.07) is 9.76. The van der Waals surface area contributed by atoms with Crippen molar-refractivity contribution in [2.45, 2.75) is 36.2 Å². The third kappa shape index (κ3) is 8.01. The van der Waals surface area contributed by atoms with Gasteiger partial charge >= 0.3 is 11.7 Å². The Morgan fingerprint density at radius 3 is 2.42 bits per heavy atom. The second kappa shape index (κ2) is 15.8. The van der Waals surface area contributed by atoms with Crippen molar-refractivity contribution in [2.75, 3.05) is 17.9 Å². The van der Waals surface area contributed by atoms with Crippen LogP contribution in [-0.4, -0.2) is 73.7 Å². The van der Waals surface area contributed by atoms with E-state index in [9.17, 15) is 32.7 Å². The molecule has 0 spiro atoms. The molecule has 0 unspecified atom stereocenters. The third-order valence-electron chi connectivity index (χ3n) is 9.47. The fourth-order valence-corrected chi connectivity index (χ4v) is 7.38. The number of nitrogens with one attached hydrogen (secondary N) is 2. The summed E-state index contributed by atoms with van der Waals surface area (Å²) in [6.07, 6.45) is 8.19. The number of carboxylic acid groups (broad SMARTS) is 1. The fraction of sp³-hybridized carbons (Fsp3) is 0.211. The quantitative estimate of drug-likeness (QED) is 0.172. The van der Waals surface area contributed by atoms with Crippen molar-refractivity contribution < 1.29 is 36.6 Å². The summed E-state index contributed by atoms with van der Waals surface area (Å²) in [5, 5.41) is 11.7. The first-order valence-corrected chi connectivity index (χ1v) is 18.9. The van der Waals surface area contributed by atoms with Crippen LogP contribution < -0.4 is 21.3 Å². The molecule has 19 heteroatoms. The zero-order chi connectivity index (χ0) is 40.4. The van der Waals surface area contributed by atoms with Gasteiger partial charge in [-0.2, -0.15) is 8.42 Å². The molecule has 3 N–H and O–H groups in total. The minimum absolute atomic E-state index is 0.0877. The topological polar surface area (TPSA) is 217 Å². The molecule has 1 saturated heterocycles. The number of anilines is 1. The average Bonchev–Trinajstić information content (AvgIpc) is 3.22. The van der Waals surface area contributed by atoms with Gasteiger partial charge in [-0.15, -0.1) is 0 Å². The smallest absolute Gasteiger partial charge is 0.335 e. The number of rotatable bonds is 11. The highest BCUT2D eigenvalue weighted by atomic mass is 32.2. The predicted octanol–water partition coefficient (Wildman–Crippen LogP) is 3.34. The summed E-state index contributed by atoms with van der Waals surface area (Å²) in [7, 11) is -3.06. The molecule has 6 heterocycles. The van der Waals surface area contributed by atoms with Gasteiger partial charge in [0.2, 0.25) is 0 Å². The number of benzene rings is 1. The number of hydrogen-bond acceptors (Lipinski definition) is 11. The lowest BCUT2D eigenvalue weighted by Gasteiger charge is -2.21. The van der Waals surface area contributed by atoms with E-state index < -0.39 is 73.5 Å². The van der Waals surface area contributed by atoms with Crippen molar-refractivity contribution >= 4 is 38.5 Å². The molecule has 57 heavy (non-hydrogen) atoms. The van der Waals surface area contributed by atoms with Gasteiger partial charge in [-0.1, -0.05) is 0 Å². The molecule has 1 atom stereocenters. The van der Waals surface area contributed by atoms with Gasteiger partial charge in [-0.05, 0) is 66.9 Å². The Bertz CT molecular complexity index is 2760. The monoisotopic (exact) mass is 798 g/mol. The first-order valence-electron chi connectivity index (χ1n) is 17.4. The first kappa shape index (κ1) is 38.5. The maximum absolute atomic E-state index is 15.2. The zero-order valence-corrected chi connectivity index (χ0v) is 30.7. The lowest BCUT2D eigenvalue weighted by molar-refractivity contribution is -0.139. The number of pyridine rings is 4. The summed E-state index contributed by atoms with van der Waals surface area (Å²) in [5.41, 5.74) is -0.243. The number of hydrogen-bond donors (Lipinski definition) is 3. The molecule has 1 aromatic carbocycles. The molecule has 7 rings (SSSR count). The van der Waals surface area contributed by atoms with E-state index in [2.05, 4.69) is 25.3 Å². The number of carboxylic acids is 1. The molecule has 1 aliphatic rings. The highest BCUT2D eigenvalue weighted by Gasteiger charge is 2.26. The molecule has 1 fully saturated rings. The largest absolute Gasteiger partial charge is 0.480 e. The predicted molar refractivity (Wildman–Crippen MR) is 200 cm³/mol. The molecule has 0 saturated carbocycles. The molecule has 16 nitrogen and oxygen atoms in total. The van der Waals surface area contributed by atoms with Gasteiger partial charge in [0.15, 0.2) is 5.03 Å². The lowest BCUT2D eigenvalue weighted by Crippen LogP contribution is -2.42. The van der Waals surface area contributed by atoms with E-state index in [0.29, 0.717) is 36.4 Å². The maximum Gasteiger partial charge on any atom is 0.335 e. The van der Waals surface area contributed by atoms with Crippen LogP contribution in [0.25, 0.3) is 27.7 Å². The van der Waals surface area contributed by atoms with Crippen LogP contribution in [0.2, 0.25) is 0 Å². The maximum atomic E-state index is 15.2. The van der Waals surface area contributed by atoms with Crippen LogP contribution in [0.3, 0.4) is 0 Å². The number of ether oxygens (including phenoxy) is 1. The fourth-order valence-electron chi connectivity index (χ4n) is 6.39. The van der Waals surface area contributed by atoms with Crippen molar-refractivity contribution in [3.8, 4) is 16.8 Å². The number of fused-ring (bicyclic) bond motifs is 1.